The maximum atomic E-state index is 11.5. The normalized spacial score (nSPS) is 19.0. The van der Waals surface area contributed by atoms with Crippen LogP contribution in [-0.4, -0.2) is 17.0 Å². The topological polar surface area (TPSA) is 54.1 Å². The van der Waals surface area contributed by atoms with Gasteiger partial charge in [0.1, 0.15) is 6.04 Å². The first kappa shape index (κ1) is 11.0. The molecule has 5 heteroatoms. The predicted octanol–water partition coefficient (Wildman–Crippen LogP) is 2.08. The molecule has 4 nitrogen and oxygen atoms in total. The van der Waals surface area contributed by atoms with E-state index in [1.54, 1.807) is 23.0 Å². The molecule has 2 N–H and O–H groups in total. The number of para-hydroxylation sites is 1. The Hall–Kier alpha value is -1.08. The maximum Gasteiger partial charge on any atom is 0.332 e. The van der Waals surface area contributed by atoms with Gasteiger partial charge in [-0.15, -0.1) is 0 Å². The van der Waals surface area contributed by atoms with Crippen LogP contribution in [0.1, 0.15) is 11.3 Å². The van der Waals surface area contributed by atoms with Gasteiger partial charge in [0, 0.05) is 29.6 Å². The van der Waals surface area contributed by atoms with Crippen molar-refractivity contribution in [2.24, 2.45) is 0 Å². The molecule has 0 radical (unpaired) electrons. The van der Waals surface area contributed by atoms with Crippen molar-refractivity contribution in [3.05, 3.63) is 35.5 Å². The zero-order valence-corrected chi connectivity index (χ0v) is 11.2. The standard InChI is InChI=1S/C12H11IN2O2/c13-17-12(16)10-5-8-7-3-1-2-4-9(7)15-11(8)6-14-10/h1-4,10,14-15H,5-6H2. The number of hydrogen-bond acceptors (Lipinski definition) is 3. The first-order chi connectivity index (χ1) is 8.29. The number of aromatic nitrogens is 1. The Morgan fingerprint density at radius 1 is 1.41 bits per heavy atom. The fraction of sp³-hybridized carbons (Fsp3) is 0.250. The Balaban J connectivity index is 2.03. The summed E-state index contributed by atoms with van der Waals surface area (Å²) < 4.78 is 4.75. The van der Waals surface area contributed by atoms with Crippen LogP contribution in [0.2, 0.25) is 0 Å². The van der Waals surface area contributed by atoms with Crippen molar-refractivity contribution in [2.75, 3.05) is 0 Å². The van der Waals surface area contributed by atoms with Crippen molar-refractivity contribution in [1.82, 2.24) is 10.3 Å². The first-order valence-electron chi connectivity index (χ1n) is 5.44. The molecular formula is C12H11IN2O2. The summed E-state index contributed by atoms with van der Waals surface area (Å²) in [6.07, 6.45) is 0.682. The third-order valence-electron chi connectivity index (χ3n) is 3.20. The summed E-state index contributed by atoms with van der Waals surface area (Å²) >= 11 is 1.63. The molecule has 1 aliphatic heterocycles. The smallest absolute Gasteiger partial charge is 0.332 e. The number of carbonyl (C=O) groups excluding carboxylic acids is 1. The molecule has 1 aromatic carbocycles. The van der Waals surface area contributed by atoms with Gasteiger partial charge >= 0.3 is 5.97 Å². The predicted molar refractivity (Wildman–Crippen MR) is 72.7 cm³/mol. The lowest BCUT2D eigenvalue weighted by Crippen LogP contribution is -2.41. The quantitative estimate of drug-likeness (QED) is 0.781. The molecule has 1 unspecified atom stereocenters. The van der Waals surface area contributed by atoms with E-state index in [4.69, 9.17) is 3.07 Å². The summed E-state index contributed by atoms with van der Waals surface area (Å²) in [7, 11) is 0. The molecule has 0 saturated heterocycles. The zero-order chi connectivity index (χ0) is 11.8. The highest BCUT2D eigenvalue weighted by molar-refractivity contribution is 14.1. The lowest BCUT2D eigenvalue weighted by atomic mass is 9.99. The number of hydrogen-bond donors (Lipinski definition) is 2. The summed E-state index contributed by atoms with van der Waals surface area (Å²) in [6, 6.07) is 7.93. The summed E-state index contributed by atoms with van der Waals surface area (Å²) in [6.45, 7) is 0.681. The van der Waals surface area contributed by atoms with Crippen molar-refractivity contribution in [3.8, 4) is 0 Å². The minimum atomic E-state index is -0.237. The molecule has 88 valence electrons. The van der Waals surface area contributed by atoms with Gasteiger partial charge in [-0.1, -0.05) is 18.2 Å². The van der Waals surface area contributed by atoms with Crippen LogP contribution in [0.15, 0.2) is 24.3 Å². The van der Waals surface area contributed by atoms with E-state index in [1.807, 2.05) is 12.1 Å². The van der Waals surface area contributed by atoms with E-state index >= 15 is 0 Å². The van der Waals surface area contributed by atoms with Crippen molar-refractivity contribution >= 4 is 39.9 Å². The summed E-state index contributed by atoms with van der Waals surface area (Å²) in [5.74, 6) is -0.207. The average Bonchev–Trinajstić information content (AvgIpc) is 2.75. The van der Waals surface area contributed by atoms with E-state index in [2.05, 4.69) is 22.4 Å². The second kappa shape index (κ2) is 4.30. The Morgan fingerprint density at radius 3 is 3.06 bits per heavy atom. The van der Waals surface area contributed by atoms with E-state index in [-0.39, 0.29) is 12.0 Å². The molecule has 0 saturated carbocycles. The summed E-state index contributed by atoms with van der Waals surface area (Å²) in [5.41, 5.74) is 3.53. The minimum Gasteiger partial charge on any atom is -0.393 e. The number of rotatable bonds is 1. The number of nitrogens with one attached hydrogen (secondary N) is 2. The Bertz CT molecular complexity index is 579. The minimum absolute atomic E-state index is 0.207. The van der Waals surface area contributed by atoms with Crippen molar-refractivity contribution in [3.63, 3.8) is 0 Å². The third-order valence-corrected chi connectivity index (χ3v) is 3.63. The van der Waals surface area contributed by atoms with Gasteiger partial charge < -0.3 is 8.05 Å². The van der Waals surface area contributed by atoms with Crippen LogP contribution in [0.4, 0.5) is 0 Å². The number of carbonyl (C=O) groups is 1. The highest BCUT2D eigenvalue weighted by Gasteiger charge is 2.27. The zero-order valence-electron chi connectivity index (χ0n) is 9.00. The van der Waals surface area contributed by atoms with Gasteiger partial charge in [-0.05, 0) is 11.6 Å². The van der Waals surface area contributed by atoms with Gasteiger partial charge in [-0.3, -0.25) is 5.32 Å². The van der Waals surface area contributed by atoms with E-state index in [0.717, 1.165) is 5.52 Å². The molecule has 2 heterocycles. The molecule has 0 spiro atoms. The van der Waals surface area contributed by atoms with Gasteiger partial charge in [0.2, 0.25) is 0 Å². The van der Waals surface area contributed by atoms with Gasteiger partial charge in [0.15, 0.2) is 23.0 Å². The Morgan fingerprint density at radius 2 is 2.24 bits per heavy atom. The molecular weight excluding hydrogens is 331 g/mol. The fourth-order valence-corrected chi connectivity index (χ4v) is 2.67. The molecule has 1 aromatic heterocycles. The van der Waals surface area contributed by atoms with Crippen LogP contribution in [0.5, 0.6) is 0 Å². The average molecular weight is 342 g/mol. The molecule has 3 rings (SSSR count). The fourth-order valence-electron chi connectivity index (χ4n) is 2.36. The summed E-state index contributed by atoms with van der Waals surface area (Å²) in [5, 5.41) is 4.38. The van der Waals surface area contributed by atoms with Crippen LogP contribution in [0, 0.1) is 0 Å². The van der Waals surface area contributed by atoms with Crippen molar-refractivity contribution in [1.29, 1.82) is 0 Å². The second-order valence-electron chi connectivity index (χ2n) is 4.16. The lowest BCUT2D eigenvalue weighted by molar-refractivity contribution is -0.133. The van der Waals surface area contributed by atoms with Gasteiger partial charge in [-0.2, -0.15) is 0 Å². The third kappa shape index (κ3) is 1.83. The highest BCUT2D eigenvalue weighted by Crippen LogP contribution is 2.26. The number of halogens is 1. The van der Waals surface area contributed by atoms with Crippen LogP contribution in [0.3, 0.4) is 0 Å². The number of H-pyrrole nitrogens is 1. The number of benzene rings is 1. The van der Waals surface area contributed by atoms with E-state index < -0.39 is 0 Å². The largest absolute Gasteiger partial charge is 0.393 e. The van der Waals surface area contributed by atoms with E-state index in [9.17, 15) is 4.79 Å². The first-order valence-corrected chi connectivity index (χ1v) is 6.32. The van der Waals surface area contributed by atoms with Crippen LogP contribution in [0.25, 0.3) is 10.9 Å². The molecule has 0 aliphatic carbocycles. The molecule has 2 aromatic rings. The lowest BCUT2D eigenvalue weighted by Gasteiger charge is -2.21. The molecule has 1 aliphatic rings. The van der Waals surface area contributed by atoms with Gasteiger partial charge in [0.05, 0.1) is 0 Å². The second-order valence-corrected chi connectivity index (χ2v) is 4.60. The van der Waals surface area contributed by atoms with Crippen molar-refractivity contribution < 1.29 is 7.86 Å². The molecule has 1 atom stereocenters. The van der Waals surface area contributed by atoms with Gasteiger partial charge in [-0.25, -0.2) is 4.79 Å². The summed E-state index contributed by atoms with van der Waals surface area (Å²) in [4.78, 5) is 14.9. The molecule has 17 heavy (non-hydrogen) atoms. The highest BCUT2D eigenvalue weighted by atomic mass is 127. The van der Waals surface area contributed by atoms with E-state index in [1.165, 1.54) is 16.6 Å². The Kier molecular flexibility index (Phi) is 2.79. The molecule has 0 amide bonds. The maximum absolute atomic E-state index is 11.5. The SMILES string of the molecule is O=C(OI)C1Cc2c([nH]c3ccccc23)CN1. The number of aromatic amines is 1. The van der Waals surface area contributed by atoms with Crippen molar-refractivity contribution in [2.45, 2.75) is 19.0 Å². The number of fused-ring (bicyclic) bond motifs is 3. The van der Waals surface area contributed by atoms with Gasteiger partial charge in [0.25, 0.3) is 0 Å². The van der Waals surface area contributed by atoms with Crippen LogP contribution in [-0.2, 0) is 20.8 Å². The Labute approximate surface area is 112 Å². The molecule has 0 bridgehead atoms. The molecule has 0 fully saturated rings. The van der Waals surface area contributed by atoms with Crippen LogP contribution >= 0.6 is 23.0 Å². The monoisotopic (exact) mass is 342 g/mol. The van der Waals surface area contributed by atoms with Crippen LogP contribution < -0.4 is 5.32 Å². The van der Waals surface area contributed by atoms with E-state index in [0.29, 0.717) is 13.0 Å².